The van der Waals surface area contributed by atoms with Crippen LogP contribution in [0.1, 0.15) is 29.7 Å². The number of likely N-dealkylation sites (tertiary alicyclic amines) is 1. The standard InChI is InChI=1S/C18H29N3O3/c1-14-9-19-16(15(2)17(14)22)10-21-7-8-24-13-18(23,12-21)11-20-5-3-4-6-20/h9,23H,3-8,10-13H2,1-2H3,(H,19,22)/t18-/m0/s1. The fraction of sp³-hybridized carbons (Fsp3) is 0.722. The lowest BCUT2D eigenvalue weighted by Gasteiger charge is -2.34. The van der Waals surface area contributed by atoms with Crippen LogP contribution in [-0.2, 0) is 11.3 Å². The van der Waals surface area contributed by atoms with Crippen molar-refractivity contribution in [2.45, 2.75) is 38.8 Å². The number of H-pyrrole nitrogens is 1. The van der Waals surface area contributed by atoms with Crippen LogP contribution >= 0.6 is 0 Å². The van der Waals surface area contributed by atoms with Crippen LogP contribution in [0, 0.1) is 13.8 Å². The largest absolute Gasteiger partial charge is 0.385 e. The van der Waals surface area contributed by atoms with Crippen molar-refractivity contribution in [1.82, 2.24) is 14.8 Å². The van der Waals surface area contributed by atoms with Gasteiger partial charge in [-0.25, -0.2) is 0 Å². The third-order valence-corrected chi connectivity index (χ3v) is 5.15. The first-order chi connectivity index (χ1) is 11.5. The molecule has 24 heavy (non-hydrogen) atoms. The highest BCUT2D eigenvalue weighted by Gasteiger charge is 2.35. The Kier molecular flexibility index (Phi) is 5.39. The number of aromatic amines is 1. The number of ether oxygens (including phenoxy) is 1. The zero-order chi connectivity index (χ0) is 17.2. The second-order valence-electron chi connectivity index (χ2n) is 7.38. The Bertz CT molecular complexity index is 624. The van der Waals surface area contributed by atoms with Crippen molar-refractivity contribution >= 4 is 0 Å². The smallest absolute Gasteiger partial charge is 0.187 e. The number of aryl methyl sites for hydroxylation is 1. The van der Waals surface area contributed by atoms with Gasteiger partial charge in [0.25, 0.3) is 0 Å². The third kappa shape index (κ3) is 4.06. The molecule has 3 heterocycles. The van der Waals surface area contributed by atoms with E-state index in [4.69, 9.17) is 4.74 Å². The Morgan fingerprint density at radius 3 is 2.75 bits per heavy atom. The zero-order valence-corrected chi connectivity index (χ0v) is 14.8. The number of aromatic nitrogens is 1. The fourth-order valence-corrected chi connectivity index (χ4v) is 3.77. The molecular formula is C18H29N3O3. The van der Waals surface area contributed by atoms with Gasteiger partial charge in [-0.1, -0.05) is 0 Å². The SMILES string of the molecule is Cc1c[nH]c(CN2CCOC[C@](O)(CN3CCCC3)C2)c(C)c1=O. The summed E-state index contributed by atoms with van der Waals surface area (Å²) in [5.41, 5.74) is 1.68. The molecule has 0 aromatic carbocycles. The average molecular weight is 335 g/mol. The number of nitrogens with one attached hydrogen (secondary N) is 1. The predicted octanol–water partition coefficient (Wildman–Crippen LogP) is 0.651. The summed E-state index contributed by atoms with van der Waals surface area (Å²) in [5, 5.41) is 11.0. The Labute approximate surface area is 143 Å². The van der Waals surface area contributed by atoms with Gasteiger partial charge in [-0.15, -0.1) is 0 Å². The number of aliphatic hydroxyl groups is 1. The van der Waals surface area contributed by atoms with Crippen LogP contribution in [0.2, 0.25) is 0 Å². The van der Waals surface area contributed by atoms with Crippen LogP contribution in [0.5, 0.6) is 0 Å². The van der Waals surface area contributed by atoms with Gasteiger partial charge in [-0.05, 0) is 39.8 Å². The van der Waals surface area contributed by atoms with Gasteiger partial charge in [0.15, 0.2) is 5.43 Å². The maximum atomic E-state index is 12.1. The summed E-state index contributed by atoms with van der Waals surface area (Å²) in [7, 11) is 0. The minimum absolute atomic E-state index is 0.0992. The summed E-state index contributed by atoms with van der Waals surface area (Å²) in [6.45, 7) is 9.42. The zero-order valence-electron chi connectivity index (χ0n) is 14.8. The first-order valence-electron chi connectivity index (χ1n) is 8.89. The molecule has 0 radical (unpaired) electrons. The molecule has 0 amide bonds. The first-order valence-corrected chi connectivity index (χ1v) is 8.89. The van der Waals surface area contributed by atoms with Crippen molar-refractivity contribution in [3.63, 3.8) is 0 Å². The summed E-state index contributed by atoms with van der Waals surface area (Å²) in [6.07, 6.45) is 4.20. The van der Waals surface area contributed by atoms with Gasteiger partial charge in [-0.2, -0.15) is 0 Å². The van der Waals surface area contributed by atoms with E-state index in [1.54, 1.807) is 6.20 Å². The van der Waals surface area contributed by atoms with E-state index in [0.717, 1.165) is 36.5 Å². The normalized spacial score (nSPS) is 26.6. The number of pyridine rings is 1. The quantitative estimate of drug-likeness (QED) is 0.846. The van der Waals surface area contributed by atoms with Crippen LogP contribution in [0.4, 0.5) is 0 Å². The third-order valence-electron chi connectivity index (χ3n) is 5.15. The lowest BCUT2D eigenvalue weighted by Crippen LogP contribution is -2.51. The molecule has 1 aromatic rings. The monoisotopic (exact) mass is 335 g/mol. The fourth-order valence-electron chi connectivity index (χ4n) is 3.77. The summed E-state index contributed by atoms with van der Waals surface area (Å²) < 4.78 is 5.67. The maximum Gasteiger partial charge on any atom is 0.187 e. The van der Waals surface area contributed by atoms with Crippen LogP contribution in [0.15, 0.2) is 11.0 Å². The lowest BCUT2D eigenvalue weighted by molar-refractivity contribution is -0.0549. The molecule has 0 spiro atoms. The van der Waals surface area contributed by atoms with Crippen molar-refractivity contribution in [3.05, 3.63) is 33.2 Å². The van der Waals surface area contributed by atoms with Crippen LogP contribution in [0.25, 0.3) is 0 Å². The van der Waals surface area contributed by atoms with E-state index in [9.17, 15) is 9.90 Å². The molecule has 3 rings (SSSR count). The van der Waals surface area contributed by atoms with E-state index in [1.165, 1.54) is 12.8 Å². The molecule has 134 valence electrons. The first kappa shape index (κ1) is 17.6. The highest BCUT2D eigenvalue weighted by molar-refractivity contribution is 5.23. The Balaban J connectivity index is 1.70. The topological polar surface area (TPSA) is 68.8 Å². The summed E-state index contributed by atoms with van der Waals surface area (Å²) in [4.78, 5) is 19.9. The molecule has 6 nitrogen and oxygen atoms in total. The van der Waals surface area contributed by atoms with E-state index in [2.05, 4.69) is 14.8 Å². The minimum atomic E-state index is -0.847. The van der Waals surface area contributed by atoms with Crippen LogP contribution < -0.4 is 5.43 Å². The van der Waals surface area contributed by atoms with Crippen LogP contribution in [0.3, 0.4) is 0 Å². The number of hydrogen-bond donors (Lipinski definition) is 2. The number of hydrogen-bond acceptors (Lipinski definition) is 5. The molecule has 0 aliphatic carbocycles. The van der Waals surface area contributed by atoms with Gasteiger partial charge < -0.3 is 19.7 Å². The maximum absolute atomic E-state index is 12.1. The van der Waals surface area contributed by atoms with Gasteiger partial charge in [0.05, 0.1) is 13.2 Å². The van der Waals surface area contributed by atoms with E-state index in [0.29, 0.717) is 32.8 Å². The minimum Gasteiger partial charge on any atom is -0.385 e. The van der Waals surface area contributed by atoms with Gasteiger partial charge in [0.2, 0.25) is 0 Å². The van der Waals surface area contributed by atoms with Crippen molar-refractivity contribution in [3.8, 4) is 0 Å². The molecule has 2 saturated heterocycles. The van der Waals surface area contributed by atoms with Gasteiger partial charge in [-0.3, -0.25) is 9.69 Å². The van der Waals surface area contributed by atoms with Gasteiger partial charge in [0.1, 0.15) is 5.60 Å². The molecule has 2 fully saturated rings. The molecule has 0 saturated carbocycles. The summed E-state index contributed by atoms with van der Waals surface area (Å²) in [6, 6.07) is 0. The molecule has 1 aromatic heterocycles. The second-order valence-corrected chi connectivity index (χ2v) is 7.38. The van der Waals surface area contributed by atoms with Crippen molar-refractivity contribution in [2.24, 2.45) is 0 Å². The van der Waals surface area contributed by atoms with Gasteiger partial charge >= 0.3 is 0 Å². The second kappa shape index (κ2) is 7.35. The molecule has 0 unspecified atom stereocenters. The van der Waals surface area contributed by atoms with Crippen molar-refractivity contribution in [1.29, 1.82) is 0 Å². The predicted molar refractivity (Wildman–Crippen MR) is 93.3 cm³/mol. The van der Waals surface area contributed by atoms with Gasteiger partial charge in [0, 0.05) is 49.2 Å². The van der Waals surface area contributed by atoms with Crippen LogP contribution in [-0.4, -0.2) is 71.4 Å². The highest BCUT2D eigenvalue weighted by atomic mass is 16.5. The molecule has 1 atom stereocenters. The number of β-amino-alcohol motifs (C(OH)–C–C–N with tert-alkyl or cyclic N) is 1. The van der Waals surface area contributed by atoms with E-state index >= 15 is 0 Å². The summed E-state index contributed by atoms with van der Waals surface area (Å²) >= 11 is 0. The number of nitrogens with zero attached hydrogens (tertiary/aromatic N) is 2. The van der Waals surface area contributed by atoms with Crippen molar-refractivity contribution < 1.29 is 9.84 Å². The lowest BCUT2D eigenvalue weighted by atomic mass is 10.0. The summed E-state index contributed by atoms with van der Waals surface area (Å²) in [5.74, 6) is 0. The molecule has 2 aliphatic heterocycles. The molecule has 2 N–H and O–H groups in total. The average Bonchev–Trinajstić information content (AvgIpc) is 2.97. The van der Waals surface area contributed by atoms with E-state index in [-0.39, 0.29) is 5.43 Å². The van der Waals surface area contributed by atoms with E-state index < -0.39 is 5.60 Å². The highest BCUT2D eigenvalue weighted by Crippen LogP contribution is 2.19. The molecule has 2 aliphatic rings. The van der Waals surface area contributed by atoms with E-state index in [1.807, 2.05) is 13.8 Å². The Hall–Kier alpha value is -1.21. The molecule has 6 heteroatoms. The Morgan fingerprint density at radius 2 is 2.00 bits per heavy atom. The Morgan fingerprint density at radius 1 is 1.25 bits per heavy atom. The number of rotatable bonds is 4. The molecular weight excluding hydrogens is 306 g/mol. The molecule has 0 bridgehead atoms. The van der Waals surface area contributed by atoms with Crippen molar-refractivity contribution in [2.75, 3.05) is 45.9 Å².